The number of benzene rings is 2. The standard InChI is InChI=1S/C19H21NO/c1-12-5-8-18-16(9-12)17(20)11-19(21-18)15-4-2-3-14(10-15)13-6-7-13/h2-5,8-10,13,17,19H,6-7,11,20H2,1H3/t17-,19?/m0/s1. The van der Waals surface area contributed by atoms with Crippen LogP contribution in [0.25, 0.3) is 0 Å². The van der Waals surface area contributed by atoms with E-state index in [1.54, 1.807) is 0 Å². The fourth-order valence-corrected chi connectivity index (χ4v) is 3.26. The molecule has 1 aliphatic heterocycles. The van der Waals surface area contributed by atoms with Gasteiger partial charge in [0.1, 0.15) is 11.9 Å². The summed E-state index contributed by atoms with van der Waals surface area (Å²) in [5.41, 5.74) is 11.5. The van der Waals surface area contributed by atoms with Gasteiger partial charge in [0.2, 0.25) is 0 Å². The van der Waals surface area contributed by atoms with Crippen molar-refractivity contribution in [2.45, 2.75) is 44.2 Å². The Kier molecular flexibility index (Phi) is 3.00. The Morgan fingerprint density at radius 3 is 2.67 bits per heavy atom. The molecule has 1 heterocycles. The van der Waals surface area contributed by atoms with Crippen LogP contribution in [-0.2, 0) is 0 Å². The second-order valence-electron chi connectivity index (χ2n) is 6.43. The molecule has 4 rings (SSSR count). The number of hydrogen-bond donors (Lipinski definition) is 1. The fraction of sp³-hybridized carbons (Fsp3) is 0.368. The molecule has 2 atom stereocenters. The Morgan fingerprint density at radius 1 is 1.05 bits per heavy atom. The molecule has 1 fully saturated rings. The molecule has 0 bridgehead atoms. The number of fused-ring (bicyclic) bond motifs is 1. The van der Waals surface area contributed by atoms with Crippen LogP contribution in [0.2, 0.25) is 0 Å². The highest BCUT2D eigenvalue weighted by Crippen LogP contribution is 2.43. The molecular weight excluding hydrogens is 258 g/mol. The first-order chi connectivity index (χ1) is 10.2. The van der Waals surface area contributed by atoms with Crippen LogP contribution in [0.3, 0.4) is 0 Å². The molecule has 2 aliphatic rings. The van der Waals surface area contributed by atoms with Gasteiger partial charge < -0.3 is 10.5 Å². The van der Waals surface area contributed by atoms with Gasteiger partial charge in [-0.15, -0.1) is 0 Å². The maximum atomic E-state index is 6.37. The Labute approximate surface area is 125 Å². The summed E-state index contributed by atoms with van der Waals surface area (Å²) in [4.78, 5) is 0. The monoisotopic (exact) mass is 279 g/mol. The van der Waals surface area contributed by atoms with Crippen LogP contribution in [0.5, 0.6) is 5.75 Å². The first-order valence-corrected chi connectivity index (χ1v) is 7.83. The van der Waals surface area contributed by atoms with Crippen molar-refractivity contribution in [1.82, 2.24) is 0 Å². The predicted molar refractivity (Wildman–Crippen MR) is 84.5 cm³/mol. The van der Waals surface area contributed by atoms with Crippen LogP contribution in [0.15, 0.2) is 42.5 Å². The van der Waals surface area contributed by atoms with E-state index in [1.165, 1.54) is 29.5 Å². The topological polar surface area (TPSA) is 35.2 Å². The van der Waals surface area contributed by atoms with Gasteiger partial charge in [0, 0.05) is 18.0 Å². The van der Waals surface area contributed by atoms with Gasteiger partial charge in [-0.2, -0.15) is 0 Å². The van der Waals surface area contributed by atoms with Crippen LogP contribution in [-0.4, -0.2) is 0 Å². The SMILES string of the molecule is Cc1ccc2c(c1)[C@@H](N)CC(c1cccc(C3CC3)c1)O2. The molecule has 2 heteroatoms. The number of rotatable bonds is 2. The maximum absolute atomic E-state index is 6.37. The van der Waals surface area contributed by atoms with Gasteiger partial charge in [-0.3, -0.25) is 0 Å². The molecule has 21 heavy (non-hydrogen) atoms. The smallest absolute Gasteiger partial charge is 0.126 e. The lowest BCUT2D eigenvalue weighted by atomic mass is 9.92. The van der Waals surface area contributed by atoms with Crippen molar-refractivity contribution in [2.24, 2.45) is 5.73 Å². The van der Waals surface area contributed by atoms with E-state index in [2.05, 4.69) is 49.4 Å². The lowest BCUT2D eigenvalue weighted by Crippen LogP contribution is -2.24. The lowest BCUT2D eigenvalue weighted by molar-refractivity contribution is 0.161. The van der Waals surface area contributed by atoms with Gasteiger partial charge in [-0.05, 0) is 42.9 Å². The molecule has 2 aromatic carbocycles. The second kappa shape index (κ2) is 4.88. The average molecular weight is 279 g/mol. The van der Waals surface area contributed by atoms with E-state index in [4.69, 9.17) is 10.5 Å². The van der Waals surface area contributed by atoms with Crippen molar-refractivity contribution < 1.29 is 4.74 Å². The van der Waals surface area contributed by atoms with Crippen molar-refractivity contribution in [3.05, 3.63) is 64.7 Å². The van der Waals surface area contributed by atoms with E-state index in [-0.39, 0.29) is 12.1 Å². The van der Waals surface area contributed by atoms with Crippen molar-refractivity contribution in [3.63, 3.8) is 0 Å². The highest BCUT2D eigenvalue weighted by Gasteiger charge is 2.29. The Balaban J connectivity index is 1.65. The Morgan fingerprint density at radius 2 is 1.86 bits per heavy atom. The summed E-state index contributed by atoms with van der Waals surface area (Å²) in [6.07, 6.45) is 3.59. The van der Waals surface area contributed by atoms with Gasteiger partial charge in [0.05, 0.1) is 0 Å². The molecule has 1 unspecified atom stereocenters. The zero-order valence-corrected chi connectivity index (χ0v) is 12.4. The van der Waals surface area contributed by atoms with Crippen molar-refractivity contribution in [2.75, 3.05) is 0 Å². The number of aryl methyl sites for hydroxylation is 1. The third kappa shape index (κ3) is 2.44. The van der Waals surface area contributed by atoms with Gasteiger partial charge in [-0.25, -0.2) is 0 Å². The van der Waals surface area contributed by atoms with E-state index < -0.39 is 0 Å². The highest BCUT2D eigenvalue weighted by atomic mass is 16.5. The van der Waals surface area contributed by atoms with Crippen LogP contribution >= 0.6 is 0 Å². The summed E-state index contributed by atoms with van der Waals surface area (Å²) in [6.45, 7) is 2.10. The molecule has 0 saturated heterocycles. The molecule has 108 valence electrons. The quantitative estimate of drug-likeness (QED) is 0.884. The van der Waals surface area contributed by atoms with Crippen LogP contribution < -0.4 is 10.5 Å². The van der Waals surface area contributed by atoms with Gasteiger partial charge >= 0.3 is 0 Å². The van der Waals surface area contributed by atoms with E-state index in [1.807, 2.05) is 0 Å². The first kappa shape index (κ1) is 12.9. The molecular formula is C19H21NO. The van der Waals surface area contributed by atoms with E-state index in [9.17, 15) is 0 Å². The Hall–Kier alpha value is -1.80. The zero-order valence-electron chi connectivity index (χ0n) is 12.4. The molecule has 2 nitrogen and oxygen atoms in total. The van der Waals surface area contributed by atoms with Gasteiger partial charge in [-0.1, -0.05) is 42.0 Å². The number of nitrogens with two attached hydrogens (primary N) is 1. The zero-order chi connectivity index (χ0) is 14.4. The summed E-state index contributed by atoms with van der Waals surface area (Å²) in [7, 11) is 0. The first-order valence-electron chi connectivity index (χ1n) is 7.83. The van der Waals surface area contributed by atoms with Crippen LogP contribution in [0.4, 0.5) is 0 Å². The summed E-state index contributed by atoms with van der Waals surface area (Å²) in [6, 6.07) is 15.2. The highest BCUT2D eigenvalue weighted by molar-refractivity contribution is 5.42. The van der Waals surface area contributed by atoms with Gasteiger partial charge in [0.25, 0.3) is 0 Å². The van der Waals surface area contributed by atoms with Crippen LogP contribution in [0, 0.1) is 6.92 Å². The summed E-state index contributed by atoms with van der Waals surface area (Å²) >= 11 is 0. The summed E-state index contributed by atoms with van der Waals surface area (Å²) < 4.78 is 6.22. The minimum absolute atomic E-state index is 0.0585. The minimum Gasteiger partial charge on any atom is -0.485 e. The normalized spacial score (nSPS) is 24.3. The summed E-state index contributed by atoms with van der Waals surface area (Å²) in [5, 5.41) is 0. The second-order valence-corrected chi connectivity index (χ2v) is 6.43. The average Bonchev–Trinajstić information content (AvgIpc) is 3.33. The van der Waals surface area contributed by atoms with E-state index >= 15 is 0 Å². The third-order valence-electron chi connectivity index (χ3n) is 4.63. The van der Waals surface area contributed by atoms with Crippen molar-refractivity contribution >= 4 is 0 Å². The number of ether oxygens (including phenoxy) is 1. The summed E-state index contributed by atoms with van der Waals surface area (Å²) in [5.74, 6) is 1.72. The molecule has 0 amide bonds. The van der Waals surface area contributed by atoms with Crippen molar-refractivity contribution in [3.8, 4) is 5.75 Å². The molecule has 0 spiro atoms. The van der Waals surface area contributed by atoms with E-state index in [0.29, 0.717) is 0 Å². The van der Waals surface area contributed by atoms with E-state index in [0.717, 1.165) is 23.7 Å². The predicted octanol–water partition coefficient (Wildman–Crippen LogP) is 4.40. The Bertz CT molecular complexity index is 675. The largest absolute Gasteiger partial charge is 0.485 e. The molecule has 0 radical (unpaired) electrons. The third-order valence-corrected chi connectivity index (χ3v) is 4.63. The molecule has 1 saturated carbocycles. The lowest BCUT2D eigenvalue weighted by Gasteiger charge is -2.31. The van der Waals surface area contributed by atoms with Crippen LogP contribution in [0.1, 0.15) is 59.6 Å². The molecule has 2 N–H and O–H groups in total. The fourth-order valence-electron chi connectivity index (χ4n) is 3.26. The van der Waals surface area contributed by atoms with Gasteiger partial charge in [0.15, 0.2) is 0 Å². The molecule has 2 aromatic rings. The maximum Gasteiger partial charge on any atom is 0.126 e. The molecule has 1 aliphatic carbocycles. The van der Waals surface area contributed by atoms with Crippen molar-refractivity contribution in [1.29, 1.82) is 0 Å². The number of hydrogen-bond acceptors (Lipinski definition) is 2. The minimum atomic E-state index is 0.0585. The molecule has 0 aromatic heterocycles.